The first-order chi connectivity index (χ1) is 8.43. The van der Waals surface area contributed by atoms with E-state index >= 15 is 0 Å². The number of rotatable bonds is 3. The number of benzene rings is 1. The zero-order valence-corrected chi connectivity index (χ0v) is 10.5. The van der Waals surface area contributed by atoms with Gasteiger partial charge in [-0.15, -0.1) is 0 Å². The molecule has 2 amide bonds. The van der Waals surface area contributed by atoms with Crippen molar-refractivity contribution in [1.29, 1.82) is 0 Å². The molecule has 0 aromatic heterocycles. The largest absolute Gasteiger partial charge is 0.465 e. The Labute approximate surface area is 105 Å². The number of carbonyl (C=O) groups is 2. The number of amides is 2. The van der Waals surface area contributed by atoms with Crippen LogP contribution in [0.4, 0.5) is 15.3 Å². The van der Waals surface area contributed by atoms with Gasteiger partial charge in [0.2, 0.25) is 0 Å². The van der Waals surface area contributed by atoms with Gasteiger partial charge >= 0.3 is 12.2 Å². The van der Waals surface area contributed by atoms with Crippen molar-refractivity contribution in [3.63, 3.8) is 0 Å². The molecule has 0 fully saturated rings. The highest BCUT2D eigenvalue weighted by Gasteiger charge is 2.11. The van der Waals surface area contributed by atoms with E-state index in [1.807, 2.05) is 13.8 Å². The van der Waals surface area contributed by atoms with Crippen LogP contribution in [0, 0.1) is 0 Å². The van der Waals surface area contributed by atoms with Crippen molar-refractivity contribution in [2.45, 2.75) is 19.8 Å². The molecule has 1 aromatic carbocycles. The number of hydrogen-bond acceptors (Lipinski definition) is 3. The van der Waals surface area contributed by atoms with Gasteiger partial charge in [0.15, 0.2) is 0 Å². The third kappa shape index (κ3) is 3.65. The summed E-state index contributed by atoms with van der Waals surface area (Å²) in [7, 11) is 1.46. The molecule has 6 heteroatoms. The summed E-state index contributed by atoms with van der Waals surface area (Å²) in [5.41, 5.74) is 1.25. The maximum absolute atomic E-state index is 11.1. The number of nitrogens with one attached hydrogen (secondary N) is 2. The zero-order chi connectivity index (χ0) is 13.7. The third-order valence-corrected chi connectivity index (χ3v) is 2.30. The molecular formula is C12H16N2O4. The van der Waals surface area contributed by atoms with E-state index in [0.717, 1.165) is 5.56 Å². The minimum Gasteiger partial charge on any atom is -0.465 e. The average Bonchev–Trinajstić information content (AvgIpc) is 2.30. The van der Waals surface area contributed by atoms with Gasteiger partial charge in [-0.25, -0.2) is 9.59 Å². The second kappa shape index (κ2) is 5.90. The van der Waals surface area contributed by atoms with Crippen molar-refractivity contribution in [1.82, 2.24) is 5.32 Å². The molecule has 0 saturated heterocycles. The summed E-state index contributed by atoms with van der Waals surface area (Å²) < 4.78 is 4.99. The van der Waals surface area contributed by atoms with E-state index in [0.29, 0.717) is 11.4 Å². The van der Waals surface area contributed by atoms with Crippen LogP contribution < -0.4 is 15.4 Å². The summed E-state index contributed by atoms with van der Waals surface area (Å²) in [6.45, 7) is 3.85. The van der Waals surface area contributed by atoms with E-state index in [1.165, 1.54) is 13.1 Å². The molecule has 1 aromatic rings. The van der Waals surface area contributed by atoms with E-state index in [-0.39, 0.29) is 5.92 Å². The molecule has 0 saturated carbocycles. The number of ether oxygens (including phenoxy) is 1. The van der Waals surface area contributed by atoms with Gasteiger partial charge in [-0.3, -0.25) is 5.32 Å². The van der Waals surface area contributed by atoms with Gasteiger partial charge in [-0.2, -0.15) is 0 Å². The number of carboxylic acid groups (broad SMARTS) is 1. The van der Waals surface area contributed by atoms with Crippen molar-refractivity contribution in [2.75, 3.05) is 12.4 Å². The summed E-state index contributed by atoms with van der Waals surface area (Å²) in [6.07, 6.45) is -1.69. The lowest BCUT2D eigenvalue weighted by Gasteiger charge is -2.14. The van der Waals surface area contributed by atoms with Crippen LogP contribution >= 0.6 is 0 Å². The van der Waals surface area contributed by atoms with E-state index in [9.17, 15) is 9.59 Å². The number of hydrogen-bond donors (Lipinski definition) is 3. The van der Waals surface area contributed by atoms with Gasteiger partial charge in [-0.05, 0) is 29.7 Å². The first-order valence-electron chi connectivity index (χ1n) is 5.47. The number of carbonyl (C=O) groups excluding carboxylic acids is 1. The Bertz CT molecular complexity index is 457. The Morgan fingerprint density at radius 3 is 2.50 bits per heavy atom. The summed E-state index contributed by atoms with van der Waals surface area (Å²) in [4.78, 5) is 21.7. The minimum absolute atomic E-state index is 0.0973. The van der Waals surface area contributed by atoms with Crippen molar-refractivity contribution in [3.8, 4) is 5.75 Å². The smallest absolute Gasteiger partial charge is 0.412 e. The predicted molar refractivity (Wildman–Crippen MR) is 67.3 cm³/mol. The molecule has 0 heterocycles. The Kier molecular flexibility index (Phi) is 4.53. The fraction of sp³-hybridized carbons (Fsp3) is 0.333. The van der Waals surface area contributed by atoms with E-state index in [4.69, 9.17) is 9.84 Å². The standard InChI is InChI=1S/C12H16N2O4/c1-7(2)9-6-8(18-12(17)13-3)4-5-10(9)14-11(15)16/h4-7,14H,1-3H3,(H,13,17)(H,15,16). The highest BCUT2D eigenvalue weighted by molar-refractivity contribution is 5.84. The van der Waals surface area contributed by atoms with E-state index in [2.05, 4.69) is 10.6 Å². The highest BCUT2D eigenvalue weighted by atomic mass is 16.5. The lowest BCUT2D eigenvalue weighted by Crippen LogP contribution is -2.22. The first kappa shape index (κ1) is 13.8. The zero-order valence-electron chi connectivity index (χ0n) is 10.5. The summed E-state index contributed by atoms with van der Waals surface area (Å²) in [6, 6.07) is 4.75. The monoisotopic (exact) mass is 252 g/mol. The summed E-state index contributed by atoms with van der Waals surface area (Å²) in [5, 5.41) is 13.4. The van der Waals surface area contributed by atoms with Gasteiger partial charge in [0, 0.05) is 12.7 Å². The molecule has 1 rings (SSSR count). The minimum atomic E-state index is -1.13. The second-order valence-electron chi connectivity index (χ2n) is 3.97. The molecule has 0 spiro atoms. The summed E-state index contributed by atoms with van der Waals surface area (Å²) in [5.74, 6) is 0.467. The molecule has 98 valence electrons. The molecule has 0 atom stereocenters. The highest BCUT2D eigenvalue weighted by Crippen LogP contribution is 2.28. The average molecular weight is 252 g/mol. The molecule has 0 aliphatic rings. The van der Waals surface area contributed by atoms with Crippen LogP contribution in [0.15, 0.2) is 18.2 Å². The maximum Gasteiger partial charge on any atom is 0.412 e. The Hall–Kier alpha value is -2.24. The molecule has 0 aliphatic carbocycles. The molecule has 0 bridgehead atoms. The van der Waals surface area contributed by atoms with Crippen molar-refractivity contribution < 1.29 is 19.4 Å². The Balaban J connectivity index is 3.03. The molecule has 0 radical (unpaired) electrons. The molecule has 18 heavy (non-hydrogen) atoms. The van der Waals surface area contributed by atoms with Crippen molar-refractivity contribution in [3.05, 3.63) is 23.8 Å². The van der Waals surface area contributed by atoms with E-state index < -0.39 is 12.2 Å². The molecule has 0 unspecified atom stereocenters. The normalized spacial score (nSPS) is 10.0. The van der Waals surface area contributed by atoms with Crippen LogP contribution in [0.25, 0.3) is 0 Å². The molecule has 6 nitrogen and oxygen atoms in total. The SMILES string of the molecule is CNC(=O)Oc1ccc(NC(=O)O)c(C(C)C)c1. The topological polar surface area (TPSA) is 87.7 Å². The van der Waals surface area contributed by atoms with Crippen LogP contribution in [0.2, 0.25) is 0 Å². The van der Waals surface area contributed by atoms with Crippen LogP contribution in [0.1, 0.15) is 25.3 Å². The second-order valence-corrected chi connectivity index (χ2v) is 3.97. The maximum atomic E-state index is 11.1. The number of anilines is 1. The molecule has 3 N–H and O–H groups in total. The summed E-state index contributed by atoms with van der Waals surface area (Å²) >= 11 is 0. The van der Waals surface area contributed by atoms with Gasteiger partial charge < -0.3 is 15.2 Å². The van der Waals surface area contributed by atoms with Gasteiger partial charge in [-0.1, -0.05) is 13.8 Å². The van der Waals surface area contributed by atoms with Crippen LogP contribution in [0.5, 0.6) is 5.75 Å². The fourth-order valence-corrected chi connectivity index (χ4v) is 1.47. The lowest BCUT2D eigenvalue weighted by atomic mass is 10.0. The van der Waals surface area contributed by atoms with Gasteiger partial charge in [0.25, 0.3) is 0 Å². The van der Waals surface area contributed by atoms with Crippen LogP contribution in [-0.2, 0) is 0 Å². The fourth-order valence-electron chi connectivity index (χ4n) is 1.47. The van der Waals surface area contributed by atoms with Crippen LogP contribution in [0.3, 0.4) is 0 Å². The Morgan fingerprint density at radius 2 is 2.00 bits per heavy atom. The van der Waals surface area contributed by atoms with Gasteiger partial charge in [0.1, 0.15) is 5.75 Å². The first-order valence-corrected chi connectivity index (χ1v) is 5.47. The Morgan fingerprint density at radius 1 is 1.33 bits per heavy atom. The van der Waals surface area contributed by atoms with Gasteiger partial charge in [0.05, 0.1) is 0 Å². The third-order valence-electron chi connectivity index (χ3n) is 2.30. The lowest BCUT2D eigenvalue weighted by molar-refractivity contribution is 0.202. The van der Waals surface area contributed by atoms with Crippen molar-refractivity contribution in [2.24, 2.45) is 0 Å². The molecule has 0 aliphatic heterocycles. The molecular weight excluding hydrogens is 236 g/mol. The van der Waals surface area contributed by atoms with Crippen molar-refractivity contribution >= 4 is 17.9 Å². The van der Waals surface area contributed by atoms with E-state index in [1.54, 1.807) is 12.1 Å². The predicted octanol–water partition coefficient (Wildman–Crippen LogP) is 2.62. The van der Waals surface area contributed by atoms with Crippen LogP contribution in [-0.4, -0.2) is 24.3 Å². The quantitative estimate of drug-likeness (QED) is 0.771.